The fraction of sp³-hybridized carbons (Fsp3) is 0.500. The molecule has 3 heterocycles. The molecule has 1 N–H and O–H groups in total. The van der Waals surface area contributed by atoms with Crippen molar-refractivity contribution in [2.75, 3.05) is 26.9 Å². The number of benzene rings is 1. The fourth-order valence-corrected chi connectivity index (χ4v) is 7.79. The van der Waals surface area contributed by atoms with E-state index in [1.807, 2.05) is 42.7 Å². The number of aromatic nitrogens is 3. The highest BCUT2D eigenvalue weighted by Crippen LogP contribution is 2.77. The van der Waals surface area contributed by atoms with Gasteiger partial charge in [-0.15, -0.1) is 0 Å². The summed E-state index contributed by atoms with van der Waals surface area (Å²) in [6.07, 6.45) is 10.9. The molecule has 0 unspecified atom stereocenters. The highest BCUT2D eigenvalue weighted by molar-refractivity contribution is 6.08. The summed E-state index contributed by atoms with van der Waals surface area (Å²) in [6, 6.07) is 12.8. The number of rotatable bonds is 11. The molecule has 4 aliphatic carbocycles. The summed E-state index contributed by atoms with van der Waals surface area (Å²) in [5.41, 5.74) is 4.48. The monoisotopic (exact) mass is 568 g/mol. The van der Waals surface area contributed by atoms with Crippen molar-refractivity contribution in [1.82, 2.24) is 19.4 Å². The zero-order chi connectivity index (χ0) is 29.1. The maximum atomic E-state index is 13.5. The Morgan fingerprint density at radius 2 is 1.88 bits per heavy atom. The predicted octanol–water partition coefficient (Wildman–Crippen LogP) is 5.36. The molecule has 8 rings (SSSR count). The zero-order valence-corrected chi connectivity index (χ0v) is 24.8. The highest BCUT2D eigenvalue weighted by Gasteiger charge is 2.77. The van der Waals surface area contributed by atoms with Gasteiger partial charge in [0.1, 0.15) is 6.10 Å². The zero-order valence-electron chi connectivity index (χ0n) is 24.8. The molecule has 0 saturated heterocycles. The van der Waals surface area contributed by atoms with Crippen molar-refractivity contribution in [3.63, 3.8) is 0 Å². The molecule has 0 aliphatic heterocycles. The number of aliphatic hydroxyl groups excluding tert-OH is 1. The van der Waals surface area contributed by atoms with E-state index in [2.05, 4.69) is 52.8 Å². The lowest BCUT2D eigenvalue weighted by Crippen LogP contribution is -2.76. The molecule has 8 nitrogen and oxygen atoms in total. The normalized spacial score (nSPS) is 27.8. The Kier molecular flexibility index (Phi) is 6.74. The molecule has 4 fully saturated rings. The maximum absolute atomic E-state index is 13.5. The molecule has 4 aromatic rings. The van der Waals surface area contributed by atoms with E-state index in [0.717, 1.165) is 61.6 Å². The van der Waals surface area contributed by atoms with Crippen molar-refractivity contribution in [3.05, 3.63) is 55.0 Å². The van der Waals surface area contributed by atoms with Gasteiger partial charge in [-0.2, -0.15) is 0 Å². The molecule has 0 spiro atoms. The van der Waals surface area contributed by atoms with E-state index in [0.29, 0.717) is 24.3 Å². The summed E-state index contributed by atoms with van der Waals surface area (Å²) in [4.78, 5) is 24.4. The minimum Gasteiger partial charge on any atom is -0.474 e. The molecule has 1 aromatic carbocycles. The minimum atomic E-state index is -0.196. The van der Waals surface area contributed by atoms with Crippen LogP contribution in [0, 0.1) is 16.7 Å². The lowest BCUT2D eigenvalue weighted by Gasteiger charge is -2.75. The van der Waals surface area contributed by atoms with Crippen LogP contribution in [0.25, 0.3) is 32.9 Å². The van der Waals surface area contributed by atoms with Crippen LogP contribution >= 0.6 is 0 Å². The third-order valence-corrected chi connectivity index (χ3v) is 10.7. The van der Waals surface area contributed by atoms with Gasteiger partial charge in [-0.3, -0.25) is 9.78 Å². The van der Waals surface area contributed by atoms with E-state index in [9.17, 15) is 4.79 Å². The van der Waals surface area contributed by atoms with Crippen molar-refractivity contribution >= 4 is 27.7 Å². The van der Waals surface area contributed by atoms with Crippen molar-refractivity contribution in [2.24, 2.45) is 23.8 Å². The van der Waals surface area contributed by atoms with E-state index in [1.165, 1.54) is 16.4 Å². The Hall–Kier alpha value is -3.49. The summed E-state index contributed by atoms with van der Waals surface area (Å²) < 4.78 is 14.3. The second kappa shape index (κ2) is 10.3. The second-order valence-corrected chi connectivity index (χ2v) is 12.9. The van der Waals surface area contributed by atoms with Gasteiger partial charge in [-0.25, -0.2) is 4.98 Å². The number of carbonyl (C=O) groups is 1. The SMILES string of the molecule is C[C@@H]1C2(COCCCCO)CC1(C(=O)N(C)C1CC(Oc3ccc(-c4ccc5c6cnccc6n(C)c5c4)cn3)C1)C2. The Morgan fingerprint density at radius 3 is 2.62 bits per heavy atom. The largest absolute Gasteiger partial charge is 0.474 e. The number of hydrogen-bond acceptors (Lipinski definition) is 6. The van der Waals surface area contributed by atoms with E-state index in [1.54, 1.807) is 0 Å². The van der Waals surface area contributed by atoms with Gasteiger partial charge in [-0.05, 0) is 60.8 Å². The molecule has 4 saturated carbocycles. The number of amides is 1. The van der Waals surface area contributed by atoms with Gasteiger partial charge in [0.05, 0.1) is 17.5 Å². The molecular weight excluding hydrogens is 528 g/mol. The molecule has 42 heavy (non-hydrogen) atoms. The first-order valence-electron chi connectivity index (χ1n) is 15.3. The molecule has 2 bridgehead atoms. The number of aryl methyl sites for hydroxylation is 1. The van der Waals surface area contributed by atoms with Gasteiger partial charge in [0.25, 0.3) is 0 Å². The van der Waals surface area contributed by atoms with Crippen LogP contribution in [-0.2, 0) is 16.6 Å². The highest BCUT2D eigenvalue weighted by atomic mass is 16.5. The van der Waals surface area contributed by atoms with Gasteiger partial charge in [0.15, 0.2) is 0 Å². The van der Waals surface area contributed by atoms with Crippen molar-refractivity contribution in [3.8, 4) is 17.0 Å². The number of pyridine rings is 2. The number of nitrogens with zero attached hydrogens (tertiary/aromatic N) is 4. The standard InChI is InChI=1S/C34H40N4O4/c1-22-33(21-41-13-5-4-12-39)19-34(22,20-33)32(40)37(2)25-15-26(16-25)42-31-9-7-24(17-36-31)23-6-8-27-28-18-35-11-10-29(28)38(3)30(27)14-23/h6-11,14,17-18,22,25-26,39H,4-5,12-13,15-16,19-21H2,1-3H3/t22-,25?,26?,33?,34?/m1/s1. The van der Waals surface area contributed by atoms with Crippen LogP contribution in [0.4, 0.5) is 0 Å². The Labute approximate surface area is 246 Å². The summed E-state index contributed by atoms with van der Waals surface area (Å²) >= 11 is 0. The average Bonchev–Trinajstić information content (AvgIpc) is 3.26. The molecule has 0 radical (unpaired) electrons. The number of unbranched alkanes of at least 4 members (excludes halogenated alkanes) is 1. The van der Waals surface area contributed by atoms with Crippen LogP contribution in [0.15, 0.2) is 55.0 Å². The maximum Gasteiger partial charge on any atom is 0.229 e. The smallest absolute Gasteiger partial charge is 0.229 e. The van der Waals surface area contributed by atoms with Crippen LogP contribution in [-0.4, -0.2) is 69.5 Å². The van der Waals surface area contributed by atoms with Crippen LogP contribution in [0.5, 0.6) is 5.88 Å². The molecule has 8 heteroatoms. The van der Waals surface area contributed by atoms with Gasteiger partial charge in [0.2, 0.25) is 11.8 Å². The Balaban J connectivity index is 0.915. The summed E-state index contributed by atoms with van der Waals surface area (Å²) in [5.74, 6) is 1.29. The second-order valence-electron chi connectivity index (χ2n) is 12.9. The van der Waals surface area contributed by atoms with Crippen LogP contribution < -0.4 is 4.74 Å². The molecular formula is C34H40N4O4. The fourth-order valence-electron chi connectivity index (χ4n) is 7.79. The van der Waals surface area contributed by atoms with Gasteiger partial charge < -0.3 is 24.0 Å². The van der Waals surface area contributed by atoms with E-state index >= 15 is 0 Å². The lowest BCUT2D eigenvalue weighted by molar-refractivity contribution is -0.282. The first kappa shape index (κ1) is 27.3. The third-order valence-electron chi connectivity index (χ3n) is 10.7. The Morgan fingerprint density at radius 1 is 1.07 bits per heavy atom. The third kappa shape index (κ3) is 4.21. The minimum absolute atomic E-state index is 0.0773. The summed E-state index contributed by atoms with van der Waals surface area (Å²) in [7, 11) is 4.05. The number of carbonyl (C=O) groups excluding carboxylic acids is 1. The van der Waals surface area contributed by atoms with Gasteiger partial charge >= 0.3 is 0 Å². The van der Waals surface area contributed by atoms with Crippen LogP contribution in [0.2, 0.25) is 0 Å². The van der Waals surface area contributed by atoms with Crippen LogP contribution in [0.1, 0.15) is 45.4 Å². The van der Waals surface area contributed by atoms with Crippen molar-refractivity contribution < 1.29 is 19.4 Å². The summed E-state index contributed by atoms with van der Waals surface area (Å²) in [5, 5.41) is 11.3. The molecule has 4 aliphatic rings. The van der Waals surface area contributed by atoms with Crippen molar-refractivity contribution in [1.29, 1.82) is 0 Å². The topological polar surface area (TPSA) is 89.7 Å². The molecule has 3 aromatic heterocycles. The predicted molar refractivity (Wildman–Crippen MR) is 162 cm³/mol. The molecule has 220 valence electrons. The average molecular weight is 569 g/mol. The first-order valence-corrected chi connectivity index (χ1v) is 15.3. The Bertz CT molecular complexity index is 1620. The van der Waals surface area contributed by atoms with E-state index < -0.39 is 0 Å². The number of ether oxygens (including phenoxy) is 2. The van der Waals surface area contributed by atoms with E-state index in [4.69, 9.17) is 14.6 Å². The summed E-state index contributed by atoms with van der Waals surface area (Å²) in [6.45, 7) is 3.86. The quantitative estimate of drug-likeness (QED) is 0.245. The number of fused-ring (bicyclic) bond motifs is 3. The first-order chi connectivity index (χ1) is 20.3. The molecule has 1 amide bonds. The van der Waals surface area contributed by atoms with Gasteiger partial charge in [-0.1, -0.05) is 19.1 Å². The number of aliphatic hydroxyl groups is 1. The van der Waals surface area contributed by atoms with Crippen LogP contribution in [0.3, 0.4) is 0 Å². The molecule has 1 atom stereocenters. The van der Waals surface area contributed by atoms with Gasteiger partial charge in [0, 0.05) is 92.7 Å². The lowest BCUT2D eigenvalue weighted by atomic mass is 9.29. The van der Waals surface area contributed by atoms with Crippen molar-refractivity contribution in [2.45, 2.75) is 57.6 Å². The number of hydrogen-bond donors (Lipinski definition) is 1. The van der Waals surface area contributed by atoms with E-state index in [-0.39, 0.29) is 29.6 Å².